The lowest BCUT2D eigenvalue weighted by atomic mass is 9.98. The molecule has 4 heteroatoms. The van der Waals surface area contributed by atoms with Crippen LogP contribution >= 0.6 is 15.9 Å². The molecule has 0 bridgehead atoms. The molecule has 101 heavy (non-hydrogen) atoms. The highest BCUT2D eigenvalue weighted by Gasteiger charge is 2.20. The van der Waals surface area contributed by atoms with Crippen LogP contribution in [-0.4, -0.2) is 9.13 Å². The van der Waals surface area contributed by atoms with Crippen LogP contribution in [0.1, 0.15) is 11.1 Å². The van der Waals surface area contributed by atoms with E-state index in [1.54, 1.807) is 0 Å². The van der Waals surface area contributed by atoms with Crippen molar-refractivity contribution in [1.29, 1.82) is 0 Å². The molecule has 0 radical (unpaired) electrons. The van der Waals surface area contributed by atoms with E-state index in [2.05, 4.69) is 442 Å². The smallest absolute Gasteiger partial charge is 0.0547 e. The summed E-state index contributed by atoms with van der Waals surface area (Å²) in [5.41, 5.74) is 27.5. The van der Waals surface area contributed by atoms with Crippen molar-refractivity contribution in [3.63, 3.8) is 0 Å². The molecular weight excluding hydrogens is 1290 g/mol. The number of para-hydroxylation sites is 4. The fourth-order valence-electron chi connectivity index (χ4n) is 14.0. The normalized spacial score (nSPS) is 11.1. The molecule has 2 aromatic heterocycles. The van der Waals surface area contributed by atoms with Crippen LogP contribution in [0, 0.1) is 0 Å². The standard InChI is InChI=1S/C48H34N2.C36H24BrN.C13H12/c1-5-16-35(17-6-1)39-30-40(36-18-7-2-8-19-36)33-44(32-39)50-47-27-14-13-26-45(47)46-29-28-38(34-48(46)50)37-20-15-25-43(31-37)49(41-21-9-3-10-22-41)42-23-11-4-12-24-42;37-31-15-9-14-27(21-31)28-18-19-34-33-16-7-8-17-35(33)38(36(34)24-28)32-22-29(25-10-3-1-4-11-25)20-30(23-32)26-12-5-2-6-13-26;1-3-7-12(8-4-1)11-13-9-5-2-6-10-13/h1-34H;1-24H;1-10H,11H2. The Labute approximate surface area is 599 Å². The molecule has 0 aliphatic rings. The maximum Gasteiger partial charge on any atom is 0.0547 e. The Morgan fingerprint density at radius 3 is 0.881 bits per heavy atom. The predicted octanol–water partition coefficient (Wildman–Crippen LogP) is 27.1. The van der Waals surface area contributed by atoms with Crippen molar-refractivity contribution in [2.24, 2.45) is 0 Å². The molecule has 3 nitrogen and oxygen atoms in total. The first-order valence-electron chi connectivity index (χ1n) is 34.4. The van der Waals surface area contributed by atoms with Gasteiger partial charge in [0.1, 0.15) is 0 Å². The molecule has 16 aromatic carbocycles. The molecule has 18 rings (SSSR count). The van der Waals surface area contributed by atoms with Crippen LogP contribution in [0.25, 0.3) is 122 Å². The fraction of sp³-hybridized carbons (Fsp3) is 0.0103. The molecule has 0 unspecified atom stereocenters. The molecule has 0 amide bonds. The molecule has 0 N–H and O–H groups in total. The van der Waals surface area contributed by atoms with Gasteiger partial charge in [0.05, 0.1) is 22.1 Å². The minimum Gasteiger partial charge on any atom is -0.310 e. The van der Waals surface area contributed by atoms with E-state index in [-0.39, 0.29) is 0 Å². The molecule has 18 aromatic rings. The second-order valence-corrected chi connectivity index (χ2v) is 26.3. The van der Waals surface area contributed by atoms with Crippen molar-refractivity contribution >= 4 is 76.6 Å². The number of rotatable bonds is 13. The van der Waals surface area contributed by atoms with Crippen LogP contribution in [0.3, 0.4) is 0 Å². The zero-order valence-corrected chi connectivity index (χ0v) is 57.3. The van der Waals surface area contributed by atoms with Gasteiger partial charge in [-0.1, -0.05) is 319 Å². The van der Waals surface area contributed by atoms with Gasteiger partial charge < -0.3 is 14.0 Å². The summed E-state index contributed by atoms with van der Waals surface area (Å²) in [6, 6.07) is 147. The van der Waals surface area contributed by atoms with Crippen molar-refractivity contribution < 1.29 is 0 Å². The number of anilines is 3. The van der Waals surface area contributed by atoms with Crippen LogP contribution < -0.4 is 4.90 Å². The summed E-state index contributed by atoms with van der Waals surface area (Å²) >= 11 is 3.64. The van der Waals surface area contributed by atoms with Gasteiger partial charge in [0.25, 0.3) is 0 Å². The summed E-state index contributed by atoms with van der Waals surface area (Å²) < 4.78 is 5.95. The summed E-state index contributed by atoms with van der Waals surface area (Å²) in [6.07, 6.45) is 1.03. The van der Waals surface area contributed by atoms with Crippen molar-refractivity contribution in [3.8, 4) is 78.1 Å². The number of nitrogens with zero attached hydrogens (tertiary/aromatic N) is 3. The number of benzene rings is 16. The van der Waals surface area contributed by atoms with Gasteiger partial charge in [-0.2, -0.15) is 0 Å². The first kappa shape index (κ1) is 63.2. The number of hydrogen-bond donors (Lipinski definition) is 0. The Morgan fingerprint density at radius 2 is 0.495 bits per heavy atom. The van der Waals surface area contributed by atoms with Crippen molar-refractivity contribution in [2.45, 2.75) is 6.42 Å². The Morgan fingerprint density at radius 1 is 0.198 bits per heavy atom. The van der Waals surface area contributed by atoms with E-state index in [0.717, 1.165) is 39.3 Å². The topological polar surface area (TPSA) is 13.1 Å². The van der Waals surface area contributed by atoms with Gasteiger partial charge in [-0.15, -0.1) is 0 Å². The Kier molecular flexibility index (Phi) is 18.3. The minimum atomic E-state index is 1.03. The molecule has 0 aliphatic carbocycles. The lowest BCUT2D eigenvalue weighted by Crippen LogP contribution is -2.09. The van der Waals surface area contributed by atoms with E-state index >= 15 is 0 Å². The zero-order chi connectivity index (χ0) is 67.7. The predicted molar refractivity (Wildman–Crippen MR) is 432 cm³/mol. The average Bonchev–Trinajstić information content (AvgIpc) is 1.60. The van der Waals surface area contributed by atoms with E-state index in [1.165, 1.54) is 122 Å². The zero-order valence-electron chi connectivity index (χ0n) is 55.7. The molecule has 0 aliphatic heterocycles. The fourth-order valence-corrected chi connectivity index (χ4v) is 14.4. The molecule has 0 fully saturated rings. The second kappa shape index (κ2) is 29.2. The van der Waals surface area contributed by atoms with Gasteiger partial charge in [0.15, 0.2) is 0 Å². The molecule has 2 heterocycles. The number of hydrogen-bond acceptors (Lipinski definition) is 1. The van der Waals surface area contributed by atoms with E-state index in [9.17, 15) is 0 Å². The molecule has 0 saturated heterocycles. The first-order chi connectivity index (χ1) is 50.0. The molecular formula is C97H70BrN3. The second-order valence-electron chi connectivity index (χ2n) is 25.4. The van der Waals surface area contributed by atoms with Gasteiger partial charge in [0.2, 0.25) is 0 Å². The highest BCUT2D eigenvalue weighted by molar-refractivity contribution is 9.10. The van der Waals surface area contributed by atoms with Gasteiger partial charge >= 0.3 is 0 Å². The number of aromatic nitrogens is 2. The van der Waals surface area contributed by atoms with Gasteiger partial charge in [-0.05, 0) is 194 Å². The third-order valence-electron chi connectivity index (χ3n) is 18.8. The summed E-state index contributed by atoms with van der Waals surface area (Å²) in [5.74, 6) is 0. The maximum atomic E-state index is 3.64. The van der Waals surface area contributed by atoms with Gasteiger partial charge in [-0.3, -0.25) is 0 Å². The van der Waals surface area contributed by atoms with Crippen LogP contribution in [0.15, 0.2) is 417 Å². The first-order valence-corrected chi connectivity index (χ1v) is 35.2. The molecule has 0 spiro atoms. The lowest BCUT2D eigenvalue weighted by Gasteiger charge is -2.26. The third-order valence-corrected chi connectivity index (χ3v) is 19.3. The Hall–Kier alpha value is -12.6. The van der Waals surface area contributed by atoms with Crippen molar-refractivity contribution in [3.05, 3.63) is 428 Å². The average molecular weight is 1360 g/mol. The lowest BCUT2D eigenvalue weighted by molar-refractivity contribution is 1.18. The van der Waals surface area contributed by atoms with Gasteiger partial charge in [-0.25, -0.2) is 0 Å². The minimum absolute atomic E-state index is 1.03. The largest absolute Gasteiger partial charge is 0.310 e. The summed E-state index contributed by atoms with van der Waals surface area (Å²) in [7, 11) is 0. The number of fused-ring (bicyclic) bond motifs is 6. The van der Waals surface area contributed by atoms with Crippen LogP contribution in [0.2, 0.25) is 0 Å². The summed E-state index contributed by atoms with van der Waals surface area (Å²) in [6.45, 7) is 0. The highest BCUT2D eigenvalue weighted by Crippen LogP contribution is 2.42. The van der Waals surface area contributed by atoms with E-state index in [0.29, 0.717) is 0 Å². The van der Waals surface area contributed by atoms with Crippen molar-refractivity contribution in [2.75, 3.05) is 4.90 Å². The monoisotopic (exact) mass is 1360 g/mol. The van der Waals surface area contributed by atoms with E-state index in [1.807, 2.05) is 0 Å². The van der Waals surface area contributed by atoms with Crippen LogP contribution in [0.4, 0.5) is 17.1 Å². The number of halogens is 1. The summed E-state index contributed by atoms with van der Waals surface area (Å²) in [5, 5.41) is 5.00. The molecule has 0 atom stereocenters. The Bertz CT molecular complexity index is 5650. The van der Waals surface area contributed by atoms with Crippen molar-refractivity contribution in [1.82, 2.24) is 9.13 Å². The van der Waals surface area contributed by atoms with Crippen LogP contribution in [-0.2, 0) is 6.42 Å². The van der Waals surface area contributed by atoms with Gasteiger partial charge in [0, 0.05) is 54.5 Å². The quantitative estimate of drug-likeness (QED) is 0.112. The SMILES string of the molecule is Brc1cccc(-c2ccc3c4ccccc4n(-c4cc(-c5ccccc5)cc(-c5ccccc5)c4)c3c2)c1.c1ccc(-c2cc(-c3ccccc3)cc(-n3c4ccccc4c4ccc(-c5cccc(N(c6ccccc6)c6ccccc6)c5)cc43)c2)cc1.c1ccc(Cc2ccccc2)cc1. The summed E-state index contributed by atoms with van der Waals surface area (Å²) in [4.78, 5) is 2.32. The Balaban J connectivity index is 0.000000136. The highest BCUT2D eigenvalue weighted by atomic mass is 79.9. The van der Waals surface area contributed by atoms with E-state index in [4.69, 9.17) is 0 Å². The maximum absolute atomic E-state index is 3.64. The van der Waals surface area contributed by atoms with E-state index < -0.39 is 0 Å². The third kappa shape index (κ3) is 13.7. The molecule has 480 valence electrons. The van der Waals surface area contributed by atoms with Crippen LogP contribution in [0.5, 0.6) is 0 Å². The molecule has 0 saturated carbocycles.